The minimum Gasteiger partial charge on any atom is -0.368 e. The highest BCUT2D eigenvalue weighted by atomic mass is 31.2. The van der Waals surface area contributed by atoms with E-state index < -0.39 is 62.6 Å². The van der Waals surface area contributed by atoms with Crippen molar-refractivity contribution >= 4 is 49.0 Å². The third-order valence-corrected chi connectivity index (χ3v) is 6.13. The molecule has 2 aromatic heterocycles. The van der Waals surface area contributed by atoms with E-state index in [1.807, 2.05) is 13.8 Å². The Bertz CT molecular complexity index is 1430. The van der Waals surface area contributed by atoms with Crippen molar-refractivity contribution < 1.29 is 47.6 Å². The molecule has 0 aliphatic heterocycles. The molecule has 0 radical (unpaired) electrons. The van der Waals surface area contributed by atoms with E-state index in [0.717, 1.165) is 0 Å². The second-order valence-corrected chi connectivity index (χ2v) is 11.2. The van der Waals surface area contributed by atoms with Crippen LogP contribution in [0.5, 0.6) is 0 Å². The summed E-state index contributed by atoms with van der Waals surface area (Å²) in [5.74, 6) is -3.98. The van der Waals surface area contributed by atoms with Gasteiger partial charge in [0.25, 0.3) is 5.91 Å². The van der Waals surface area contributed by atoms with Crippen LogP contribution in [0.15, 0.2) is 36.7 Å². The summed E-state index contributed by atoms with van der Waals surface area (Å²) in [7, 11) is -4.98. The zero-order valence-electron chi connectivity index (χ0n) is 24.6. The van der Waals surface area contributed by atoms with Crippen LogP contribution in [0, 0.1) is 5.92 Å². The van der Waals surface area contributed by atoms with E-state index in [1.54, 1.807) is 12.1 Å². The zero-order valence-corrected chi connectivity index (χ0v) is 25.5. The van der Waals surface area contributed by atoms with Crippen LogP contribution in [0.4, 0.5) is 5.69 Å². The number of carbonyl (C=O) groups is 6. The maximum absolute atomic E-state index is 12.9. The number of hydrogen-bond acceptors (Lipinski definition) is 10. The van der Waals surface area contributed by atoms with Gasteiger partial charge >= 0.3 is 7.82 Å². The number of rotatable bonds is 16. The summed E-state index contributed by atoms with van der Waals surface area (Å²) in [6.45, 7) is 3.30. The van der Waals surface area contributed by atoms with Crippen LogP contribution in [0.3, 0.4) is 0 Å². The molecule has 0 bridgehead atoms. The number of phosphoric ester groups is 1. The van der Waals surface area contributed by atoms with Gasteiger partial charge in [0.2, 0.25) is 29.5 Å². The first-order chi connectivity index (χ1) is 21.0. The lowest BCUT2D eigenvalue weighted by atomic mass is 10.0. The Labute approximate surface area is 257 Å². The normalized spacial score (nSPS) is 12.4. The van der Waals surface area contributed by atoms with Crippen LogP contribution in [-0.4, -0.2) is 87.0 Å². The van der Waals surface area contributed by atoms with E-state index >= 15 is 0 Å². The number of hydrogen-bond donors (Lipinski definition) is 8. The average Bonchev–Trinajstić information content (AvgIpc) is 2.96. The molecule has 244 valence electrons. The van der Waals surface area contributed by atoms with Gasteiger partial charge in [-0.05, 0) is 36.6 Å². The molecule has 0 fully saturated rings. The van der Waals surface area contributed by atoms with Crippen molar-refractivity contribution in [2.75, 3.05) is 25.0 Å². The monoisotopic (exact) mass is 650 g/mol. The molecule has 0 aliphatic rings. The number of carbonyl (C=O) groups excluding carboxylic acids is 6. The number of amides is 6. The van der Waals surface area contributed by atoms with Crippen LogP contribution in [-0.2, 0) is 33.1 Å². The molecule has 2 atom stereocenters. The Morgan fingerprint density at radius 2 is 1.53 bits per heavy atom. The number of pyridine rings is 2. The zero-order chi connectivity index (χ0) is 33.7. The van der Waals surface area contributed by atoms with Crippen molar-refractivity contribution in [1.82, 2.24) is 31.2 Å². The molecule has 2 rings (SSSR count). The van der Waals surface area contributed by atoms with Crippen LogP contribution in [0.1, 0.15) is 37.6 Å². The van der Waals surface area contributed by atoms with Crippen LogP contribution >= 0.6 is 7.82 Å². The van der Waals surface area contributed by atoms with E-state index in [9.17, 15) is 33.3 Å². The molecule has 18 nitrogen and oxygen atoms in total. The third kappa shape index (κ3) is 13.6. The van der Waals surface area contributed by atoms with E-state index in [1.165, 1.54) is 31.5 Å². The molecular formula is C26H35N8O10P. The number of anilines is 1. The summed E-state index contributed by atoms with van der Waals surface area (Å²) in [6.07, 6.45) is 2.89. The van der Waals surface area contributed by atoms with Gasteiger partial charge in [-0.15, -0.1) is 0 Å². The van der Waals surface area contributed by atoms with Crippen molar-refractivity contribution in [3.05, 3.63) is 42.2 Å². The van der Waals surface area contributed by atoms with Crippen molar-refractivity contribution in [2.24, 2.45) is 11.7 Å². The minimum absolute atomic E-state index is 0.0248. The predicted molar refractivity (Wildman–Crippen MR) is 158 cm³/mol. The lowest BCUT2D eigenvalue weighted by molar-refractivity contribution is -0.128. The van der Waals surface area contributed by atoms with E-state index in [2.05, 4.69) is 41.1 Å². The second kappa shape index (κ2) is 16.9. The van der Waals surface area contributed by atoms with Gasteiger partial charge in [-0.3, -0.25) is 43.3 Å². The number of aromatic nitrogens is 2. The number of primary amides is 1. The summed E-state index contributed by atoms with van der Waals surface area (Å²) >= 11 is 0. The fraction of sp³-hybridized carbons (Fsp3) is 0.385. The van der Waals surface area contributed by atoms with Gasteiger partial charge < -0.3 is 42.1 Å². The first kappa shape index (κ1) is 36.4. The molecule has 45 heavy (non-hydrogen) atoms. The van der Waals surface area contributed by atoms with Gasteiger partial charge in [-0.2, -0.15) is 0 Å². The van der Waals surface area contributed by atoms with Gasteiger partial charge in [0.1, 0.15) is 12.1 Å². The fourth-order valence-electron chi connectivity index (χ4n) is 3.57. The molecule has 6 amide bonds. The van der Waals surface area contributed by atoms with E-state index in [-0.39, 0.29) is 23.9 Å². The quantitative estimate of drug-likeness (QED) is 0.0970. The van der Waals surface area contributed by atoms with Crippen LogP contribution in [0.25, 0.3) is 11.4 Å². The summed E-state index contributed by atoms with van der Waals surface area (Å²) in [5, 5.41) is 12.0. The first-order valence-corrected chi connectivity index (χ1v) is 14.9. The van der Waals surface area contributed by atoms with Gasteiger partial charge in [-0.25, -0.2) is 4.57 Å². The molecule has 0 unspecified atom stereocenters. The standard InChI is InChI=1S/C26H35N8O10P/c1-14(2)8-20(33-23(37)12-28-15(3)35)26(40)32-17-5-7-19(30-10-17)18-6-4-16(9-29-18)24(38)34-21(13-44-45(41,42)43)25(39)31-11-22(27)36/h4-7,9-10,14,20-21H,8,11-13H2,1-3H3,(H2,27,36)(H,28,35)(H,31,39)(H,32,40)(H,33,37)(H,34,38)(H2,41,42,43)/t20-,21-/m0/s1. The molecule has 2 heterocycles. The number of phosphoric acid groups is 1. The van der Waals surface area contributed by atoms with Crippen LogP contribution in [0.2, 0.25) is 0 Å². The first-order valence-electron chi connectivity index (χ1n) is 13.4. The molecule has 0 saturated heterocycles. The summed E-state index contributed by atoms with van der Waals surface area (Å²) in [4.78, 5) is 98.3. The highest BCUT2D eigenvalue weighted by Crippen LogP contribution is 2.35. The highest BCUT2D eigenvalue weighted by Gasteiger charge is 2.26. The largest absolute Gasteiger partial charge is 0.469 e. The third-order valence-electron chi connectivity index (χ3n) is 5.64. The van der Waals surface area contributed by atoms with Crippen molar-refractivity contribution in [2.45, 2.75) is 39.3 Å². The Balaban J connectivity index is 2.07. The Hall–Kier alpha value is -4.77. The lowest BCUT2D eigenvalue weighted by Gasteiger charge is -2.20. The molecule has 2 aromatic rings. The molecule has 19 heteroatoms. The SMILES string of the molecule is CC(=O)NCC(=O)N[C@@H](CC(C)C)C(=O)Nc1ccc(-c2ccc(C(=O)N[C@@H](COP(=O)(O)O)C(=O)NCC(N)=O)cn2)nc1. The molecule has 9 N–H and O–H groups in total. The molecule has 0 aromatic carbocycles. The lowest BCUT2D eigenvalue weighted by Crippen LogP contribution is -2.50. The number of nitrogens with zero attached hydrogens (tertiary/aromatic N) is 2. The van der Waals surface area contributed by atoms with Gasteiger partial charge in [0, 0.05) is 13.1 Å². The predicted octanol–water partition coefficient (Wildman–Crippen LogP) is -1.44. The molecule has 0 saturated carbocycles. The molecule has 0 aliphatic carbocycles. The average molecular weight is 651 g/mol. The van der Waals surface area contributed by atoms with Gasteiger partial charge in [-0.1, -0.05) is 13.8 Å². The Kier molecular flexibility index (Phi) is 13.7. The topological polar surface area (TPSA) is 281 Å². The summed E-state index contributed by atoms with van der Waals surface area (Å²) in [6, 6.07) is 3.49. The fourth-order valence-corrected chi connectivity index (χ4v) is 3.92. The van der Waals surface area contributed by atoms with E-state index in [0.29, 0.717) is 23.5 Å². The number of nitrogens with one attached hydrogen (secondary N) is 5. The Morgan fingerprint density at radius 1 is 0.889 bits per heavy atom. The minimum atomic E-state index is -4.98. The molecular weight excluding hydrogens is 615 g/mol. The number of nitrogens with two attached hydrogens (primary N) is 1. The highest BCUT2D eigenvalue weighted by molar-refractivity contribution is 7.46. The van der Waals surface area contributed by atoms with Crippen molar-refractivity contribution in [1.29, 1.82) is 0 Å². The maximum atomic E-state index is 12.9. The van der Waals surface area contributed by atoms with Crippen molar-refractivity contribution in [3.63, 3.8) is 0 Å². The van der Waals surface area contributed by atoms with E-state index in [4.69, 9.17) is 15.5 Å². The smallest absolute Gasteiger partial charge is 0.368 e. The molecule has 0 spiro atoms. The Morgan fingerprint density at radius 3 is 2.04 bits per heavy atom. The van der Waals surface area contributed by atoms with Crippen molar-refractivity contribution in [3.8, 4) is 11.4 Å². The van der Waals surface area contributed by atoms with Gasteiger partial charge in [0.05, 0.1) is 48.5 Å². The van der Waals surface area contributed by atoms with Gasteiger partial charge in [0.15, 0.2) is 0 Å². The maximum Gasteiger partial charge on any atom is 0.469 e. The summed E-state index contributed by atoms with van der Waals surface area (Å²) in [5.41, 5.74) is 6.00. The summed E-state index contributed by atoms with van der Waals surface area (Å²) < 4.78 is 15.4. The van der Waals surface area contributed by atoms with Crippen LogP contribution < -0.4 is 32.3 Å². The second-order valence-electron chi connectivity index (χ2n) is 10.0.